The summed E-state index contributed by atoms with van der Waals surface area (Å²) in [6, 6.07) is 13.8. The minimum Gasteiger partial charge on any atom is -0.460 e. The number of nitrogens with zero attached hydrogens (tertiary/aromatic N) is 3. The van der Waals surface area contributed by atoms with E-state index < -0.39 is 0 Å². The zero-order chi connectivity index (χ0) is 27.9. The highest BCUT2D eigenvalue weighted by molar-refractivity contribution is 6.32. The third-order valence-electron chi connectivity index (χ3n) is 8.09. The number of hydrogen-bond donors (Lipinski definition) is 0. The molecule has 5 rings (SSSR count). The summed E-state index contributed by atoms with van der Waals surface area (Å²) in [5, 5.41) is 17.1. The smallest absolute Gasteiger partial charge is 0.338 e. The van der Waals surface area contributed by atoms with Gasteiger partial charge in [-0.2, -0.15) is 10.4 Å². The Labute approximate surface area is 240 Å². The molecule has 0 aromatic heterocycles. The van der Waals surface area contributed by atoms with Crippen LogP contribution in [0, 0.1) is 23.2 Å². The van der Waals surface area contributed by atoms with Gasteiger partial charge in [-0.25, -0.2) is 4.79 Å². The summed E-state index contributed by atoms with van der Waals surface area (Å²) in [4.78, 5) is 12.7. The van der Waals surface area contributed by atoms with Crippen molar-refractivity contribution in [1.29, 1.82) is 5.26 Å². The lowest BCUT2D eigenvalue weighted by atomic mass is 9.75. The third kappa shape index (κ3) is 6.34. The number of ether oxygens (including phenoxy) is 4. The second kappa shape index (κ2) is 13.6. The van der Waals surface area contributed by atoms with E-state index in [0.717, 1.165) is 35.4 Å². The van der Waals surface area contributed by atoms with Crippen molar-refractivity contribution >= 4 is 29.0 Å². The van der Waals surface area contributed by atoms with Gasteiger partial charge in [0.1, 0.15) is 12.7 Å². The largest absolute Gasteiger partial charge is 0.460 e. The molecule has 212 valence electrons. The molecule has 0 amide bonds. The number of rotatable bonds is 12. The number of esters is 1. The molecule has 9 heteroatoms. The van der Waals surface area contributed by atoms with Crippen LogP contribution < -0.4 is 5.01 Å². The van der Waals surface area contributed by atoms with Crippen LogP contribution in [-0.4, -0.2) is 64.5 Å². The lowest BCUT2D eigenvalue weighted by Gasteiger charge is -2.34. The van der Waals surface area contributed by atoms with E-state index in [1.54, 1.807) is 13.2 Å². The molecule has 1 heterocycles. The van der Waals surface area contributed by atoms with Crippen LogP contribution in [0.25, 0.3) is 0 Å². The molecule has 0 spiro atoms. The lowest BCUT2D eigenvalue weighted by Crippen LogP contribution is -2.40. The first-order chi connectivity index (χ1) is 19.6. The lowest BCUT2D eigenvalue weighted by molar-refractivity contribution is 0.00570. The van der Waals surface area contributed by atoms with Gasteiger partial charge in [-0.3, -0.25) is 5.01 Å². The Morgan fingerprint density at radius 2 is 1.77 bits per heavy atom. The molecule has 0 unspecified atom stereocenters. The molecule has 0 bridgehead atoms. The summed E-state index contributed by atoms with van der Waals surface area (Å²) >= 11 is 6.42. The fourth-order valence-corrected chi connectivity index (χ4v) is 6.39. The number of benzene rings is 2. The molecule has 0 radical (unpaired) electrons. The molecule has 2 aromatic rings. The summed E-state index contributed by atoms with van der Waals surface area (Å²) in [7, 11) is 1.63. The molecule has 1 aliphatic heterocycles. The highest BCUT2D eigenvalue weighted by Crippen LogP contribution is 2.45. The van der Waals surface area contributed by atoms with Gasteiger partial charge in [0.15, 0.2) is 0 Å². The molecule has 2 aromatic carbocycles. The number of methoxy groups -OCH3 is 1. The Morgan fingerprint density at radius 1 is 1.02 bits per heavy atom. The summed E-state index contributed by atoms with van der Waals surface area (Å²) in [5.41, 5.74) is 5.25. The first-order valence-electron chi connectivity index (χ1n) is 14.1. The molecule has 40 heavy (non-hydrogen) atoms. The minimum absolute atomic E-state index is 0.188. The summed E-state index contributed by atoms with van der Waals surface area (Å²) in [6.07, 6.45) is 6.77. The molecule has 1 fully saturated rings. The summed E-state index contributed by atoms with van der Waals surface area (Å²) < 4.78 is 21.2. The molecule has 2 atom stereocenters. The van der Waals surface area contributed by atoms with Gasteiger partial charge in [-0.15, -0.1) is 0 Å². The van der Waals surface area contributed by atoms with Crippen molar-refractivity contribution in [3.63, 3.8) is 0 Å². The van der Waals surface area contributed by atoms with E-state index >= 15 is 0 Å². The number of carbonyl (C=O) groups is 1. The number of fused-ring (bicyclic) bond motifs is 3. The molecular weight excluding hydrogens is 530 g/mol. The second-order valence-electron chi connectivity index (χ2n) is 10.5. The van der Waals surface area contributed by atoms with Crippen molar-refractivity contribution in [3.8, 4) is 6.07 Å². The number of anilines is 1. The van der Waals surface area contributed by atoms with Gasteiger partial charge >= 0.3 is 5.97 Å². The van der Waals surface area contributed by atoms with Crippen molar-refractivity contribution in [2.24, 2.45) is 16.9 Å². The number of nitriles is 1. The standard InChI is InChI=1S/C31H36ClN3O5/c1-37-12-13-38-14-15-39-16-17-40-31(36)23-8-10-26-22(18-23)7-11-27-29(26)34-35(30(27)21-4-2-3-5-21)25-9-6-24(20-33)28(32)19-25/h6,8-10,18-19,21,27,30H,2-5,7,11-17H2,1H3/t27-,30-/m0/s1. The van der Waals surface area contributed by atoms with E-state index in [4.69, 9.17) is 35.6 Å². The monoisotopic (exact) mass is 565 g/mol. The molecule has 8 nitrogen and oxygen atoms in total. The quantitative estimate of drug-likeness (QED) is 0.251. The van der Waals surface area contributed by atoms with E-state index in [9.17, 15) is 10.1 Å². The van der Waals surface area contributed by atoms with Gasteiger partial charge in [0.2, 0.25) is 0 Å². The average Bonchev–Trinajstić information content (AvgIpc) is 3.64. The Bertz CT molecular complexity index is 1270. The second-order valence-corrected chi connectivity index (χ2v) is 10.9. The molecule has 3 aliphatic rings. The normalized spacial score (nSPS) is 20.1. The van der Waals surface area contributed by atoms with Gasteiger partial charge < -0.3 is 18.9 Å². The van der Waals surface area contributed by atoms with E-state index in [0.29, 0.717) is 61.0 Å². The Hall–Kier alpha value is -2.96. The first kappa shape index (κ1) is 28.6. The third-order valence-corrected chi connectivity index (χ3v) is 8.40. The maximum absolute atomic E-state index is 12.7. The Balaban J connectivity index is 1.26. The number of carbonyl (C=O) groups excluding carboxylic acids is 1. The maximum Gasteiger partial charge on any atom is 0.338 e. The van der Waals surface area contributed by atoms with E-state index in [1.807, 2.05) is 30.3 Å². The SMILES string of the molecule is COCCOCCOCCOC(=O)c1ccc2c(c1)CC[C@H]1C2=NN(c2ccc(C#N)c(Cl)c2)[C@H]1C1CCCC1. The number of hydrogen-bond acceptors (Lipinski definition) is 8. The molecule has 1 saturated carbocycles. The first-order valence-corrected chi connectivity index (χ1v) is 14.5. The predicted molar refractivity (Wildman–Crippen MR) is 153 cm³/mol. The molecule has 0 saturated heterocycles. The van der Waals surface area contributed by atoms with E-state index in [-0.39, 0.29) is 18.6 Å². The highest BCUT2D eigenvalue weighted by Gasteiger charge is 2.45. The van der Waals surface area contributed by atoms with Crippen molar-refractivity contribution in [3.05, 3.63) is 63.7 Å². The fraction of sp³-hybridized carbons (Fsp3) is 0.516. The summed E-state index contributed by atoms with van der Waals surface area (Å²) in [5.74, 6) is 0.532. The topological polar surface area (TPSA) is 93.4 Å². The summed E-state index contributed by atoms with van der Waals surface area (Å²) in [6.45, 7) is 2.51. The van der Waals surface area contributed by atoms with Gasteiger partial charge in [0.05, 0.1) is 66.6 Å². The molecule has 2 aliphatic carbocycles. The molecular formula is C31H36ClN3O5. The predicted octanol–water partition coefficient (Wildman–Crippen LogP) is 5.39. The number of aryl methyl sites for hydroxylation is 1. The van der Waals surface area contributed by atoms with Crippen molar-refractivity contribution in [2.45, 2.75) is 44.6 Å². The Morgan fingerprint density at radius 3 is 2.50 bits per heavy atom. The van der Waals surface area contributed by atoms with Gasteiger partial charge in [0, 0.05) is 18.6 Å². The van der Waals surface area contributed by atoms with E-state index in [2.05, 4.69) is 11.1 Å². The van der Waals surface area contributed by atoms with Gasteiger partial charge in [-0.1, -0.05) is 30.5 Å². The van der Waals surface area contributed by atoms with E-state index in [1.165, 1.54) is 25.7 Å². The van der Waals surface area contributed by atoms with Crippen molar-refractivity contribution in [1.82, 2.24) is 0 Å². The van der Waals surface area contributed by atoms with Crippen LogP contribution in [0.5, 0.6) is 0 Å². The van der Waals surface area contributed by atoms with Crippen LogP contribution in [-0.2, 0) is 25.4 Å². The van der Waals surface area contributed by atoms with Crippen LogP contribution in [0.3, 0.4) is 0 Å². The Kier molecular flexibility index (Phi) is 9.71. The number of halogens is 1. The van der Waals surface area contributed by atoms with Crippen molar-refractivity contribution < 1.29 is 23.7 Å². The van der Waals surface area contributed by atoms with Crippen LogP contribution in [0.1, 0.15) is 59.2 Å². The maximum atomic E-state index is 12.7. The zero-order valence-corrected chi connectivity index (χ0v) is 23.7. The van der Waals surface area contributed by atoms with Crippen molar-refractivity contribution in [2.75, 3.05) is 51.8 Å². The fourth-order valence-electron chi connectivity index (χ4n) is 6.17. The molecule has 0 N–H and O–H groups in total. The average molecular weight is 566 g/mol. The van der Waals surface area contributed by atoms with Gasteiger partial charge in [0.25, 0.3) is 0 Å². The van der Waals surface area contributed by atoms with Crippen LogP contribution in [0.2, 0.25) is 5.02 Å². The van der Waals surface area contributed by atoms with Gasteiger partial charge in [-0.05, 0) is 67.5 Å². The van der Waals surface area contributed by atoms with Crippen LogP contribution >= 0.6 is 11.6 Å². The zero-order valence-electron chi connectivity index (χ0n) is 22.9. The van der Waals surface area contributed by atoms with Crippen LogP contribution in [0.4, 0.5) is 5.69 Å². The number of hydrazone groups is 1. The minimum atomic E-state index is -0.351. The highest BCUT2D eigenvalue weighted by atomic mass is 35.5. The van der Waals surface area contributed by atoms with Crippen LogP contribution in [0.15, 0.2) is 41.5 Å².